The van der Waals surface area contributed by atoms with Crippen molar-refractivity contribution in [1.29, 1.82) is 5.41 Å². The number of nitrogens with one attached hydrogen (secondary N) is 2. The van der Waals surface area contributed by atoms with E-state index in [1.165, 1.54) is 0 Å². The molecule has 2 N–H and O–H groups in total. The number of rotatable bonds is 4. The number of aryl methyl sites for hydroxylation is 1. The first-order chi connectivity index (χ1) is 11.6. The summed E-state index contributed by atoms with van der Waals surface area (Å²) >= 11 is 6.62. The highest BCUT2D eigenvalue weighted by atomic mass is 35.5. The van der Waals surface area contributed by atoms with Gasteiger partial charge in [0.2, 0.25) is 0 Å². The van der Waals surface area contributed by atoms with Gasteiger partial charge in [0, 0.05) is 18.2 Å². The quantitative estimate of drug-likeness (QED) is 0.686. The molecule has 5 heteroatoms. The Kier molecular flexibility index (Phi) is 4.58. The fourth-order valence-corrected chi connectivity index (χ4v) is 2.80. The summed E-state index contributed by atoms with van der Waals surface area (Å²) in [7, 11) is 1.74. The van der Waals surface area contributed by atoms with Gasteiger partial charge < -0.3 is 5.32 Å². The lowest BCUT2D eigenvalue weighted by Gasteiger charge is -2.14. The second-order valence-electron chi connectivity index (χ2n) is 5.44. The van der Waals surface area contributed by atoms with Gasteiger partial charge in [-0.25, -0.2) is 0 Å². The smallest absolute Gasteiger partial charge is 0.159 e. The fraction of sp³-hybridized carbons (Fsp3) is 0.105. The Bertz CT molecular complexity index is 874. The van der Waals surface area contributed by atoms with E-state index in [0.717, 1.165) is 16.7 Å². The average molecular weight is 337 g/mol. The Morgan fingerprint density at radius 3 is 2.29 bits per heavy atom. The fourth-order valence-electron chi connectivity index (χ4n) is 2.46. The molecule has 0 aliphatic heterocycles. The molecule has 0 fully saturated rings. The Balaban J connectivity index is 2.15. The molecule has 0 saturated heterocycles. The first kappa shape index (κ1) is 16.1. The number of nitrogens with zero attached hydrogens (tertiary/aromatic N) is 2. The molecule has 0 aliphatic carbocycles. The van der Waals surface area contributed by atoms with Crippen LogP contribution >= 0.6 is 11.6 Å². The summed E-state index contributed by atoms with van der Waals surface area (Å²) in [5, 5.41) is 20.4. The second-order valence-corrected chi connectivity index (χ2v) is 5.82. The zero-order valence-corrected chi connectivity index (χ0v) is 14.2. The molecule has 1 aromatic heterocycles. The molecule has 1 heterocycles. The van der Waals surface area contributed by atoms with E-state index in [1.54, 1.807) is 7.05 Å². The molecule has 0 atom stereocenters. The number of aromatic nitrogens is 2. The number of hydrogen-bond acceptors (Lipinski definition) is 4. The van der Waals surface area contributed by atoms with Crippen LogP contribution in [0.2, 0.25) is 5.02 Å². The molecule has 0 radical (unpaired) electrons. The first-order valence-electron chi connectivity index (χ1n) is 7.57. The molecule has 3 aromatic rings. The van der Waals surface area contributed by atoms with Crippen molar-refractivity contribution >= 4 is 23.1 Å². The Labute approximate surface area is 146 Å². The van der Waals surface area contributed by atoms with Crippen LogP contribution in [0.25, 0.3) is 11.3 Å². The summed E-state index contributed by atoms with van der Waals surface area (Å²) in [6.45, 7) is 2.01. The van der Waals surface area contributed by atoms with E-state index in [9.17, 15) is 0 Å². The molecule has 0 bridgehead atoms. The Morgan fingerprint density at radius 1 is 1.00 bits per heavy atom. The van der Waals surface area contributed by atoms with Crippen LogP contribution in [0.5, 0.6) is 0 Å². The first-order valence-corrected chi connectivity index (χ1v) is 7.95. The summed E-state index contributed by atoms with van der Waals surface area (Å²) in [4.78, 5) is 0. The SMILES string of the molecule is CNc1nnc(-c2ccccc2)c(Cl)c1C(=N)c1ccc(C)cc1. The van der Waals surface area contributed by atoms with E-state index in [-0.39, 0.29) is 0 Å². The molecule has 3 rings (SSSR count). The predicted octanol–water partition coefficient (Wildman–Crippen LogP) is 4.56. The Morgan fingerprint density at radius 2 is 1.67 bits per heavy atom. The van der Waals surface area contributed by atoms with Gasteiger partial charge in [-0.3, -0.25) is 5.41 Å². The molecule has 4 nitrogen and oxygen atoms in total. The second kappa shape index (κ2) is 6.81. The van der Waals surface area contributed by atoms with Crippen LogP contribution < -0.4 is 5.32 Å². The number of anilines is 1. The summed E-state index contributed by atoms with van der Waals surface area (Å²) < 4.78 is 0. The predicted molar refractivity (Wildman–Crippen MR) is 99.1 cm³/mol. The van der Waals surface area contributed by atoms with Crippen LogP contribution in [0.3, 0.4) is 0 Å². The highest BCUT2D eigenvalue weighted by molar-refractivity contribution is 6.38. The van der Waals surface area contributed by atoms with Crippen molar-refractivity contribution in [2.45, 2.75) is 6.92 Å². The van der Waals surface area contributed by atoms with E-state index in [1.807, 2.05) is 61.5 Å². The minimum Gasteiger partial charge on any atom is -0.371 e. The third-order valence-electron chi connectivity index (χ3n) is 3.79. The minimum atomic E-state index is 0.316. The molecular weight excluding hydrogens is 320 g/mol. The van der Waals surface area contributed by atoms with Gasteiger partial charge in [-0.1, -0.05) is 71.8 Å². The van der Waals surface area contributed by atoms with Crippen LogP contribution in [0.4, 0.5) is 5.82 Å². The number of benzene rings is 2. The summed E-state index contributed by atoms with van der Waals surface area (Å²) in [5.41, 5.74) is 4.24. The third kappa shape index (κ3) is 3.01. The van der Waals surface area contributed by atoms with E-state index in [4.69, 9.17) is 17.0 Å². The van der Waals surface area contributed by atoms with Gasteiger partial charge in [0.1, 0.15) is 5.69 Å². The van der Waals surface area contributed by atoms with Crippen LogP contribution in [0, 0.1) is 12.3 Å². The lowest BCUT2D eigenvalue weighted by atomic mass is 10.00. The highest BCUT2D eigenvalue weighted by Crippen LogP contribution is 2.32. The van der Waals surface area contributed by atoms with Gasteiger partial charge in [-0.15, -0.1) is 10.2 Å². The van der Waals surface area contributed by atoms with Gasteiger partial charge >= 0.3 is 0 Å². The van der Waals surface area contributed by atoms with Crippen molar-refractivity contribution in [2.24, 2.45) is 0 Å². The largest absolute Gasteiger partial charge is 0.371 e. The summed E-state index contributed by atoms with van der Waals surface area (Å²) in [6, 6.07) is 17.4. The van der Waals surface area contributed by atoms with Crippen molar-refractivity contribution in [2.75, 3.05) is 12.4 Å². The molecular formula is C19H17ClN4. The maximum absolute atomic E-state index is 8.59. The van der Waals surface area contributed by atoms with E-state index >= 15 is 0 Å². The molecule has 2 aromatic carbocycles. The minimum absolute atomic E-state index is 0.316. The van der Waals surface area contributed by atoms with Crippen molar-refractivity contribution in [3.8, 4) is 11.3 Å². The van der Waals surface area contributed by atoms with E-state index < -0.39 is 0 Å². The highest BCUT2D eigenvalue weighted by Gasteiger charge is 2.20. The average Bonchev–Trinajstić information content (AvgIpc) is 2.62. The van der Waals surface area contributed by atoms with Gasteiger partial charge in [-0.2, -0.15) is 0 Å². The van der Waals surface area contributed by atoms with Crippen molar-refractivity contribution < 1.29 is 0 Å². The molecule has 0 unspecified atom stereocenters. The van der Waals surface area contributed by atoms with E-state index in [0.29, 0.717) is 27.8 Å². The van der Waals surface area contributed by atoms with Gasteiger partial charge in [0.15, 0.2) is 5.82 Å². The maximum Gasteiger partial charge on any atom is 0.159 e. The topological polar surface area (TPSA) is 61.7 Å². The van der Waals surface area contributed by atoms with Crippen molar-refractivity contribution in [3.63, 3.8) is 0 Å². The zero-order valence-electron chi connectivity index (χ0n) is 13.5. The molecule has 0 aliphatic rings. The standard InChI is InChI=1S/C19H17ClN4/c1-12-8-10-13(11-9-12)17(21)15-16(20)18(23-24-19(15)22-2)14-6-4-3-5-7-14/h3-11,21H,1-2H3,(H,22,24). The lowest BCUT2D eigenvalue weighted by molar-refractivity contribution is 1.03. The zero-order chi connectivity index (χ0) is 17.1. The van der Waals surface area contributed by atoms with Gasteiger partial charge in [0.05, 0.1) is 16.3 Å². The van der Waals surface area contributed by atoms with Crippen molar-refractivity contribution in [3.05, 3.63) is 76.3 Å². The third-order valence-corrected chi connectivity index (χ3v) is 4.16. The number of hydrogen-bond donors (Lipinski definition) is 2. The van der Waals surface area contributed by atoms with Crippen LogP contribution in [-0.2, 0) is 0 Å². The van der Waals surface area contributed by atoms with Crippen LogP contribution in [0.15, 0.2) is 54.6 Å². The van der Waals surface area contributed by atoms with Crippen molar-refractivity contribution in [1.82, 2.24) is 10.2 Å². The molecule has 120 valence electrons. The summed E-state index contributed by atoms with van der Waals surface area (Å²) in [5.74, 6) is 0.491. The molecule has 24 heavy (non-hydrogen) atoms. The maximum atomic E-state index is 8.59. The van der Waals surface area contributed by atoms with Crippen LogP contribution in [-0.4, -0.2) is 23.0 Å². The molecule has 0 spiro atoms. The monoisotopic (exact) mass is 336 g/mol. The van der Waals surface area contributed by atoms with E-state index in [2.05, 4.69) is 15.5 Å². The Hall–Kier alpha value is -2.72. The van der Waals surface area contributed by atoms with Gasteiger partial charge in [0.25, 0.3) is 0 Å². The van der Waals surface area contributed by atoms with Crippen LogP contribution in [0.1, 0.15) is 16.7 Å². The summed E-state index contributed by atoms with van der Waals surface area (Å²) in [6.07, 6.45) is 0. The molecule has 0 saturated carbocycles. The lowest BCUT2D eigenvalue weighted by Crippen LogP contribution is -2.10. The number of halogens is 1. The molecule has 0 amide bonds. The normalized spacial score (nSPS) is 10.5. The van der Waals surface area contributed by atoms with Gasteiger partial charge in [-0.05, 0) is 6.92 Å².